The highest BCUT2D eigenvalue weighted by Gasteiger charge is 2.59. The minimum Gasteiger partial charge on any atom is -0.420 e. The van der Waals surface area contributed by atoms with E-state index >= 15 is 0 Å². The van der Waals surface area contributed by atoms with Crippen LogP contribution in [0.2, 0.25) is 5.15 Å². The third kappa shape index (κ3) is 3.08. The first-order valence-corrected chi connectivity index (χ1v) is 11.3. The van der Waals surface area contributed by atoms with E-state index in [2.05, 4.69) is 15.2 Å². The molecule has 1 saturated carbocycles. The Bertz CT molecular complexity index is 1150. The molecule has 29 heavy (non-hydrogen) atoms. The number of benzene rings is 1. The molecule has 1 aliphatic heterocycles. The molecule has 1 spiro atoms. The number of aryl methyl sites for hydroxylation is 1. The second kappa shape index (κ2) is 6.65. The molecule has 2 aromatic heterocycles. The highest BCUT2D eigenvalue weighted by molar-refractivity contribution is 7.89. The van der Waals surface area contributed by atoms with Crippen LogP contribution >= 0.6 is 11.6 Å². The Morgan fingerprint density at radius 1 is 1.17 bits per heavy atom. The fourth-order valence-corrected chi connectivity index (χ4v) is 6.01. The second-order valence-electron chi connectivity index (χ2n) is 7.79. The molecule has 2 aliphatic rings. The Morgan fingerprint density at radius 3 is 2.55 bits per heavy atom. The van der Waals surface area contributed by atoms with Crippen LogP contribution in [0, 0.1) is 5.41 Å². The zero-order chi connectivity index (χ0) is 20.2. The molecular formula is C19H20ClN5O3S. The van der Waals surface area contributed by atoms with Crippen molar-refractivity contribution in [2.24, 2.45) is 12.5 Å². The first-order valence-electron chi connectivity index (χ1n) is 9.46. The molecule has 1 saturated heterocycles. The van der Waals surface area contributed by atoms with Gasteiger partial charge in [0.15, 0.2) is 0 Å². The first kappa shape index (κ1) is 18.8. The quantitative estimate of drug-likeness (QED) is 0.627. The Labute approximate surface area is 173 Å². The van der Waals surface area contributed by atoms with Crippen LogP contribution in [0.5, 0.6) is 0 Å². The van der Waals surface area contributed by atoms with Crippen molar-refractivity contribution in [1.29, 1.82) is 0 Å². The standard InChI is InChI=1S/C19H20ClN5O3S/c1-24-12-21-18(15(24)20)29(26,27)25-9-7-19(8-10-25)11-14(19)17-23-22-16(28-17)13-5-3-2-4-6-13/h2-6,12,14H,7-11H2,1H3/t14-/m0/s1. The zero-order valence-electron chi connectivity index (χ0n) is 15.8. The van der Waals surface area contributed by atoms with Gasteiger partial charge in [0, 0.05) is 31.6 Å². The summed E-state index contributed by atoms with van der Waals surface area (Å²) in [6, 6.07) is 9.68. The summed E-state index contributed by atoms with van der Waals surface area (Å²) in [7, 11) is -2.02. The van der Waals surface area contributed by atoms with Gasteiger partial charge in [0.05, 0.1) is 6.33 Å². The Hall–Kier alpha value is -2.23. The van der Waals surface area contributed by atoms with Gasteiger partial charge < -0.3 is 8.98 Å². The average Bonchev–Trinajstić information content (AvgIpc) is 3.05. The normalized spacial score (nSPS) is 21.5. The Balaban J connectivity index is 1.28. The van der Waals surface area contributed by atoms with Crippen molar-refractivity contribution in [3.05, 3.63) is 47.7 Å². The minimum absolute atomic E-state index is 0.0421. The van der Waals surface area contributed by atoms with Crippen molar-refractivity contribution in [3.63, 3.8) is 0 Å². The zero-order valence-corrected chi connectivity index (χ0v) is 17.4. The molecule has 0 amide bonds. The first-order chi connectivity index (χ1) is 13.9. The van der Waals surface area contributed by atoms with E-state index < -0.39 is 10.0 Å². The highest BCUT2D eigenvalue weighted by atomic mass is 35.5. The van der Waals surface area contributed by atoms with E-state index in [1.807, 2.05) is 30.3 Å². The summed E-state index contributed by atoms with van der Waals surface area (Å²) >= 11 is 6.10. The molecule has 0 radical (unpaired) electrons. The van der Waals surface area contributed by atoms with Crippen LogP contribution < -0.4 is 0 Å². The van der Waals surface area contributed by atoms with Crippen LogP contribution in [-0.2, 0) is 17.1 Å². The molecule has 2 fully saturated rings. The summed E-state index contributed by atoms with van der Waals surface area (Å²) in [6.45, 7) is 0.872. The summed E-state index contributed by atoms with van der Waals surface area (Å²) in [4.78, 5) is 3.98. The van der Waals surface area contributed by atoms with Crippen molar-refractivity contribution in [2.45, 2.75) is 30.2 Å². The average molecular weight is 434 g/mol. The van der Waals surface area contributed by atoms with Crippen LogP contribution in [0.4, 0.5) is 0 Å². The minimum atomic E-state index is -3.69. The van der Waals surface area contributed by atoms with Crippen molar-refractivity contribution < 1.29 is 12.8 Å². The van der Waals surface area contributed by atoms with Crippen LogP contribution in [-0.4, -0.2) is 45.6 Å². The molecule has 0 N–H and O–H groups in total. The predicted octanol–water partition coefficient (Wildman–Crippen LogP) is 3.08. The molecule has 0 unspecified atom stereocenters. The van der Waals surface area contributed by atoms with Gasteiger partial charge in [-0.05, 0) is 36.8 Å². The SMILES string of the molecule is Cn1cnc(S(=O)(=O)N2CCC3(CC2)C[C@H]3c2nnc(-c3ccccc3)o2)c1Cl. The monoisotopic (exact) mass is 433 g/mol. The molecule has 8 nitrogen and oxygen atoms in total. The molecule has 1 aromatic carbocycles. The number of nitrogens with zero attached hydrogens (tertiary/aromatic N) is 5. The highest BCUT2D eigenvalue weighted by Crippen LogP contribution is 2.64. The number of hydrogen-bond acceptors (Lipinski definition) is 6. The van der Waals surface area contributed by atoms with E-state index in [-0.39, 0.29) is 21.5 Å². The van der Waals surface area contributed by atoms with Gasteiger partial charge in [0.1, 0.15) is 5.15 Å². The molecule has 1 atom stereocenters. The topological polar surface area (TPSA) is 94.1 Å². The molecule has 5 rings (SSSR count). The van der Waals surface area contributed by atoms with E-state index in [0.29, 0.717) is 24.9 Å². The summed E-state index contributed by atoms with van der Waals surface area (Å²) < 4.78 is 34.7. The van der Waals surface area contributed by atoms with Gasteiger partial charge in [-0.25, -0.2) is 13.4 Å². The van der Waals surface area contributed by atoms with Crippen molar-refractivity contribution in [3.8, 4) is 11.5 Å². The lowest BCUT2D eigenvalue weighted by atomic mass is 9.92. The molecule has 3 heterocycles. The van der Waals surface area contributed by atoms with E-state index in [0.717, 1.165) is 24.8 Å². The molecule has 1 aliphatic carbocycles. The fraction of sp³-hybridized carbons (Fsp3) is 0.421. The summed E-state index contributed by atoms with van der Waals surface area (Å²) in [5.41, 5.74) is 0.939. The molecular weight excluding hydrogens is 414 g/mol. The molecule has 10 heteroatoms. The number of aromatic nitrogens is 4. The van der Waals surface area contributed by atoms with Crippen molar-refractivity contribution >= 4 is 21.6 Å². The van der Waals surface area contributed by atoms with Gasteiger partial charge in [0.25, 0.3) is 10.0 Å². The molecule has 0 bridgehead atoms. The smallest absolute Gasteiger partial charge is 0.263 e. The van der Waals surface area contributed by atoms with Gasteiger partial charge in [0.2, 0.25) is 16.8 Å². The van der Waals surface area contributed by atoms with Crippen LogP contribution in [0.3, 0.4) is 0 Å². The number of hydrogen-bond donors (Lipinski definition) is 0. The Morgan fingerprint density at radius 2 is 1.90 bits per heavy atom. The Kier molecular flexibility index (Phi) is 4.30. The lowest BCUT2D eigenvalue weighted by molar-refractivity contribution is 0.245. The number of halogens is 1. The maximum atomic E-state index is 12.9. The summed E-state index contributed by atoms with van der Waals surface area (Å²) in [6.07, 6.45) is 3.87. The maximum absolute atomic E-state index is 12.9. The molecule has 152 valence electrons. The third-order valence-corrected chi connectivity index (χ3v) is 8.48. The van der Waals surface area contributed by atoms with Crippen molar-refractivity contribution in [1.82, 2.24) is 24.1 Å². The fourth-order valence-electron chi connectivity index (χ4n) is 4.18. The van der Waals surface area contributed by atoms with E-state index in [1.54, 1.807) is 7.05 Å². The maximum Gasteiger partial charge on any atom is 0.263 e. The van der Waals surface area contributed by atoms with Gasteiger partial charge in [-0.1, -0.05) is 29.8 Å². The number of rotatable bonds is 4. The third-order valence-electron chi connectivity index (χ3n) is 6.09. The number of sulfonamides is 1. The van der Waals surface area contributed by atoms with Crippen LogP contribution in [0.1, 0.15) is 31.1 Å². The molecule has 3 aromatic rings. The van der Waals surface area contributed by atoms with Crippen LogP contribution in [0.15, 0.2) is 46.1 Å². The summed E-state index contributed by atoms with van der Waals surface area (Å²) in [5, 5.41) is 8.50. The van der Waals surface area contributed by atoms with E-state index in [1.165, 1.54) is 15.2 Å². The van der Waals surface area contributed by atoms with Gasteiger partial charge >= 0.3 is 0 Å². The van der Waals surface area contributed by atoms with E-state index in [4.69, 9.17) is 16.0 Å². The summed E-state index contributed by atoms with van der Waals surface area (Å²) in [5.74, 6) is 1.36. The van der Waals surface area contributed by atoms with Crippen LogP contribution in [0.25, 0.3) is 11.5 Å². The lowest BCUT2D eigenvalue weighted by Gasteiger charge is -2.31. The predicted molar refractivity (Wildman–Crippen MR) is 106 cm³/mol. The number of piperidine rings is 1. The van der Waals surface area contributed by atoms with Gasteiger partial charge in [-0.15, -0.1) is 10.2 Å². The number of imidazole rings is 1. The largest absolute Gasteiger partial charge is 0.420 e. The lowest BCUT2D eigenvalue weighted by Crippen LogP contribution is -2.39. The van der Waals surface area contributed by atoms with E-state index in [9.17, 15) is 8.42 Å². The van der Waals surface area contributed by atoms with Crippen molar-refractivity contribution in [2.75, 3.05) is 13.1 Å². The van der Waals surface area contributed by atoms with Gasteiger partial charge in [-0.3, -0.25) is 0 Å². The van der Waals surface area contributed by atoms with Gasteiger partial charge in [-0.2, -0.15) is 4.31 Å². The second-order valence-corrected chi connectivity index (χ2v) is 10.00.